The number of phenols is 1. The van der Waals surface area contributed by atoms with Crippen molar-refractivity contribution in [2.24, 2.45) is 5.10 Å². The number of hydrazone groups is 1. The number of ether oxygens (including phenoxy) is 1. The normalized spacial score (nSPS) is 10.5. The Labute approximate surface area is 155 Å². The Bertz CT molecular complexity index is 824. The maximum absolute atomic E-state index is 11.8. The smallest absolute Gasteiger partial charge is 0.240 e. The number of phenolic OH excluding ortho intramolecular Hbond substituents is 1. The van der Waals surface area contributed by atoms with Gasteiger partial charge in [-0.25, -0.2) is 5.43 Å². The number of hydrogen-bond donors (Lipinski definition) is 3. The molecule has 2 aromatic carbocycles. The summed E-state index contributed by atoms with van der Waals surface area (Å²) < 4.78 is 4.94. The summed E-state index contributed by atoms with van der Waals surface area (Å²) in [4.78, 5) is 23.5. The molecule has 2 aromatic rings. The molecule has 0 unspecified atom stereocenters. The largest absolute Gasteiger partial charge is 0.504 e. The molecule has 0 aliphatic heterocycles. The van der Waals surface area contributed by atoms with Crippen molar-refractivity contribution in [1.29, 1.82) is 0 Å². The third-order valence-electron chi connectivity index (χ3n) is 3.29. The van der Waals surface area contributed by atoms with Crippen LogP contribution in [0.3, 0.4) is 0 Å². The molecule has 0 bridgehead atoms. The number of halogens is 1. The quantitative estimate of drug-likeness (QED) is 0.511. The zero-order valence-electron chi connectivity index (χ0n) is 14.0. The van der Waals surface area contributed by atoms with E-state index in [1.807, 2.05) is 0 Å². The molecule has 0 saturated carbocycles. The van der Waals surface area contributed by atoms with Crippen LogP contribution >= 0.6 is 11.6 Å². The fourth-order valence-electron chi connectivity index (χ4n) is 2.04. The van der Waals surface area contributed by atoms with Gasteiger partial charge in [0.2, 0.25) is 11.8 Å². The molecule has 0 heterocycles. The van der Waals surface area contributed by atoms with E-state index in [9.17, 15) is 14.7 Å². The third-order valence-corrected chi connectivity index (χ3v) is 3.53. The Morgan fingerprint density at radius 1 is 1.19 bits per heavy atom. The van der Waals surface area contributed by atoms with Gasteiger partial charge in [0, 0.05) is 23.6 Å². The zero-order chi connectivity index (χ0) is 18.9. The van der Waals surface area contributed by atoms with Gasteiger partial charge in [0.15, 0.2) is 11.5 Å². The van der Waals surface area contributed by atoms with Gasteiger partial charge in [0.1, 0.15) is 0 Å². The predicted molar refractivity (Wildman–Crippen MR) is 99.7 cm³/mol. The van der Waals surface area contributed by atoms with Gasteiger partial charge in [-0.3, -0.25) is 9.59 Å². The third kappa shape index (κ3) is 6.10. The number of nitrogens with one attached hydrogen (secondary N) is 2. The number of amides is 2. The van der Waals surface area contributed by atoms with Gasteiger partial charge in [0.25, 0.3) is 0 Å². The molecule has 0 saturated heterocycles. The van der Waals surface area contributed by atoms with Crippen molar-refractivity contribution < 1.29 is 19.4 Å². The standard InChI is InChI=1S/C18H18ClN3O4/c1-26-16-6-5-12(9-15(16)23)11-20-22-18(25)8-7-17(24)21-14-4-2-3-13(19)10-14/h2-6,9-11,23H,7-8H2,1H3,(H,21,24)(H,22,25)/b20-11+. The second-order valence-electron chi connectivity index (χ2n) is 5.28. The SMILES string of the molecule is COc1ccc(/C=N/NC(=O)CCC(=O)Nc2cccc(Cl)c2)cc1O. The molecule has 8 heteroatoms. The fraction of sp³-hybridized carbons (Fsp3) is 0.167. The first-order chi connectivity index (χ1) is 12.5. The number of aromatic hydroxyl groups is 1. The first-order valence-electron chi connectivity index (χ1n) is 7.72. The molecule has 0 radical (unpaired) electrons. The number of hydrogen-bond acceptors (Lipinski definition) is 5. The lowest BCUT2D eigenvalue weighted by Gasteiger charge is -2.05. The summed E-state index contributed by atoms with van der Waals surface area (Å²) in [5.74, 6) is -0.385. The molecule has 0 aliphatic carbocycles. The van der Waals surface area contributed by atoms with E-state index >= 15 is 0 Å². The first-order valence-corrected chi connectivity index (χ1v) is 8.10. The van der Waals surface area contributed by atoms with Crippen molar-refractivity contribution >= 4 is 35.3 Å². The van der Waals surface area contributed by atoms with Crippen molar-refractivity contribution in [3.63, 3.8) is 0 Å². The highest BCUT2D eigenvalue weighted by atomic mass is 35.5. The number of rotatable bonds is 7. The average Bonchev–Trinajstić information content (AvgIpc) is 2.60. The van der Waals surface area contributed by atoms with Crippen LogP contribution in [0.4, 0.5) is 5.69 Å². The zero-order valence-corrected chi connectivity index (χ0v) is 14.8. The number of nitrogens with zero attached hydrogens (tertiary/aromatic N) is 1. The van der Waals surface area contributed by atoms with Crippen LogP contribution in [-0.4, -0.2) is 30.2 Å². The first kappa shape index (κ1) is 19.3. The lowest BCUT2D eigenvalue weighted by molar-refractivity contribution is -0.124. The summed E-state index contributed by atoms with van der Waals surface area (Å²) in [6.45, 7) is 0. The molecule has 3 N–H and O–H groups in total. The summed E-state index contributed by atoms with van der Waals surface area (Å²) in [5.41, 5.74) is 3.48. The number of anilines is 1. The van der Waals surface area contributed by atoms with Crippen LogP contribution in [0.1, 0.15) is 18.4 Å². The van der Waals surface area contributed by atoms with Crippen LogP contribution in [0.5, 0.6) is 11.5 Å². The number of carbonyl (C=O) groups excluding carboxylic acids is 2. The Morgan fingerprint density at radius 2 is 1.96 bits per heavy atom. The lowest BCUT2D eigenvalue weighted by atomic mass is 10.2. The van der Waals surface area contributed by atoms with Crippen molar-refractivity contribution in [2.75, 3.05) is 12.4 Å². The van der Waals surface area contributed by atoms with E-state index in [4.69, 9.17) is 16.3 Å². The molecule has 0 aromatic heterocycles. The molecule has 0 spiro atoms. The Balaban J connectivity index is 1.76. The Kier molecular flexibility index (Phi) is 6.99. The Morgan fingerprint density at radius 3 is 2.65 bits per heavy atom. The van der Waals surface area contributed by atoms with Crippen LogP contribution in [0.15, 0.2) is 47.6 Å². The molecule has 2 rings (SSSR count). The highest BCUT2D eigenvalue weighted by molar-refractivity contribution is 6.30. The summed E-state index contributed by atoms with van der Waals surface area (Å²) in [7, 11) is 1.45. The van der Waals surface area contributed by atoms with Crippen LogP contribution < -0.4 is 15.5 Å². The number of carbonyl (C=O) groups is 2. The molecule has 7 nitrogen and oxygen atoms in total. The van der Waals surface area contributed by atoms with Gasteiger partial charge in [-0.05, 0) is 42.0 Å². The van der Waals surface area contributed by atoms with E-state index in [1.54, 1.807) is 36.4 Å². The minimum atomic E-state index is -0.403. The van der Waals surface area contributed by atoms with Crippen LogP contribution in [0, 0.1) is 0 Å². The maximum atomic E-state index is 11.8. The van der Waals surface area contributed by atoms with Gasteiger partial charge in [0.05, 0.1) is 13.3 Å². The molecule has 136 valence electrons. The summed E-state index contributed by atoms with van der Waals surface area (Å²) in [6, 6.07) is 11.5. The van der Waals surface area contributed by atoms with E-state index in [0.29, 0.717) is 22.0 Å². The van der Waals surface area contributed by atoms with Gasteiger partial charge < -0.3 is 15.2 Å². The van der Waals surface area contributed by atoms with E-state index in [1.165, 1.54) is 19.4 Å². The van der Waals surface area contributed by atoms with E-state index < -0.39 is 5.91 Å². The summed E-state index contributed by atoms with van der Waals surface area (Å²) >= 11 is 5.84. The minimum absolute atomic E-state index is 0.0111. The van der Waals surface area contributed by atoms with Gasteiger partial charge >= 0.3 is 0 Å². The summed E-state index contributed by atoms with van der Waals surface area (Å²) in [5, 5.41) is 16.6. The molecular formula is C18H18ClN3O4. The van der Waals surface area contributed by atoms with Crippen LogP contribution in [-0.2, 0) is 9.59 Å². The van der Waals surface area contributed by atoms with Crippen molar-refractivity contribution in [1.82, 2.24) is 5.43 Å². The van der Waals surface area contributed by atoms with Gasteiger partial charge in [-0.15, -0.1) is 0 Å². The molecule has 2 amide bonds. The second-order valence-corrected chi connectivity index (χ2v) is 5.72. The Hall–Kier alpha value is -3.06. The number of methoxy groups -OCH3 is 1. The maximum Gasteiger partial charge on any atom is 0.240 e. The lowest BCUT2D eigenvalue weighted by Crippen LogP contribution is -2.20. The highest BCUT2D eigenvalue weighted by Crippen LogP contribution is 2.25. The van der Waals surface area contributed by atoms with E-state index in [2.05, 4.69) is 15.8 Å². The predicted octanol–water partition coefficient (Wildman–Crippen LogP) is 2.92. The number of benzene rings is 2. The van der Waals surface area contributed by atoms with Gasteiger partial charge in [-0.1, -0.05) is 17.7 Å². The molecule has 0 aliphatic rings. The summed E-state index contributed by atoms with van der Waals surface area (Å²) in [6.07, 6.45) is 1.37. The van der Waals surface area contributed by atoms with Crippen molar-refractivity contribution in [3.05, 3.63) is 53.1 Å². The highest BCUT2D eigenvalue weighted by Gasteiger charge is 2.07. The molecular weight excluding hydrogens is 358 g/mol. The van der Waals surface area contributed by atoms with E-state index in [-0.39, 0.29) is 24.5 Å². The molecule has 26 heavy (non-hydrogen) atoms. The van der Waals surface area contributed by atoms with Crippen molar-refractivity contribution in [2.45, 2.75) is 12.8 Å². The second kappa shape index (κ2) is 9.43. The monoisotopic (exact) mass is 375 g/mol. The minimum Gasteiger partial charge on any atom is -0.504 e. The van der Waals surface area contributed by atoms with Crippen LogP contribution in [0.25, 0.3) is 0 Å². The van der Waals surface area contributed by atoms with Crippen LogP contribution in [0.2, 0.25) is 5.02 Å². The topological polar surface area (TPSA) is 100 Å². The average molecular weight is 376 g/mol. The molecule has 0 fully saturated rings. The van der Waals surface area contributed by atoms with E-state index in [0.717, 1.165) is 0 Å². The fourth-order valence-corrected chi connectivity index (χ4v) is 2.23. The molecule has 0 atom stereocenters. The van der Waals surface area contributed by atoms with Crippen molar-refractivity contribution in [3.8, 4) is 11.5 Å². The van der Waals surface area contributed by atoms with Gasteiger partial charge in [-0.2, -0.15) is 5.10 Å².